The van der Waals surface area contributed by atoms with E-state index < -0.39 is 16.3 Å². The molecule has 2 amide bonds. The Labute approximate surface area is 168 Å². The molecule has 0 spiro atoms. The summed E-state index contributed by atoms with van der Waals surface area (Å²) in [5.41, 5.74) is 0. The van der Waals surface area contributed by atoms with Crippen LogP contribution in [0.2, 0.25) is 0 Å². The van der Waals surface area contributed by atoms with E-state index in [0.29, 0.717) is 51.5 Å². The van der Waals surface area contributed by atoms with Gasteiger partial charge in [0.05, 0.1) is 12.5 Å². The van der Waals surface area contributed by atoms with Crippen LogP contribution in [0.15, 0.2) is 0 Å². The number of carbonyl (C=O) groups excluding carboxylic acids is 2. The fraction of sp³-hybridized carbons (Fsp3) is 0.889. The first-order chi connectivity index (χ1) is 13.3. The fourth-order valence-corrected chi connectivity index (χ4v) is 5.15. The van der Waals surface area contributed by atoms with Gasteiger partial charge in [-0.3, -0.25) is 4.79 Å². The zero-order valence-corrected chi connectivity index (χ0v) is 18.0. The third kappa shape index (κ3) is 6.05. The lowest BCUT2D eigenvalue weighted by Gasteiger charge is -2.38. The molecule has 2 saturated heterocycles. The molecule has 0 aromatic rings. The van der Waals surface area contributed by atoms with E-state index in [1.54, 1.807) is 6.92 Å². The molecule has 2 fully saturated rings. The Morgan fingerprint density at radius 1 is 1.11 bits per heavy atom. The molecule has 0 aromatic heterocycles. The van der Waals surface area contributed by atoms with Gasteiger partial charge in [-0.15, -0.1) is 0 Å². The minimum atomic E-state index is -3.64. The number of piperidine rings is 1. The van der Waals surface area contributed by atoms with Gasteiger partial charge in [0.1, 0.15) is 0 Å². The summed E-state index contributed by atoms with van der Waals surface area (Å²) < 4.78 is 33.8. The van der Waals surface area contributed by atoms with Crippen LogP contribution in [0.25, 0.3) is 0 Å². The third-order valence-corrected chi connectivity index (χ3v) is 7.20. The number of ether oxygens (including phenoxy) is 1. The molecular formula is C18H34N4O5S. The van der Waals surface area contributed by atoms with Crippen LogP contribution in [0.5, 0.6) is 0 Å². The normalized spacial score (nSPS) is 22.3. The van der Waals surface area contributed by atoms with E-state index in [1.165, 1.54) is 13.5 Å². The summed E-state index contributed by atoms with van der Waals surface area (Å²) in [6.07, 6.45) is 1.88. The molecule has 1 N–H and O–H groups in total. The fourth-order valence-electron chi connectivity index (χ4n) is 3.47. The van der Waals surface area contributed by atoms with E-state index >= 15 is 0 Å². The molecule has 1 unspecified atom stereocenters. The summed E-state index contributed by atoms with van der Waals surface area (Å²) in [5.74, 6) is 0.140. The molecule has 2 aliphatic heterocycles. The van der Waals surface area contributed by atoms with Crippen LogP contribution in [0.3, 0.4) is 0 Å². The Morgan fingerprint density at radius 3 is 2.39 bits per heavy atom. The van der Waals surface area contributed by atoms with Crippen molar-refractivity contribution in [3.63, 3.8) is 0 Å². The average Bonchev–Trinajstić information content (AvgIpc) is 2.68. The van der Waals surface area contributed by atoms with Crippen molar-refractivity contribution < 1.29 is 22.7 Å². The predicted octanol–water partition coefficient (Wildman–Crippen LogP) is 0.880. The molecule has 10 heteroatoms. The summed E-state index contributed by atoms with van der Waals surface area (Å²) in [7, 11) is -3.64. The smallest absolute Gasteiger partial charge is 0.409 e. The van der Waals surface area contributed by atoms with Crippen molar-refractivity contribution in [1.82, 2.24) is 18.8 Å². The quantitative estimate of drug-likeness (QED) is 0.662. The Hall–Kier alpha value is -1.39. The summed E-state index contributed by atoms with van der Waals surface area (Å²) in [5, 5.41) is 2.93. The van der Waals surface area contributed by atoms with Gasteiger partial charge in [-0.05, 0) is 32.1 Å². The summed E-state index contributed by atoms with van der Waals surface area (Å²) in [6.45, 7) is 8.60. The molecule has 0 aliphatic carbocycles. The number of carbonyl (C=O) groups is 2. The predicted molar refractivity (Wildman–Crippen MR) is 106 cm³/mol. The Kier molecular flexibility index (Phi) is 8.51. The van der Waals surface area contributed by atoms with Crippen molar-refractivity contribution in [2.75, 3.05) is 52.4 Å². The van der Waals surface area contributed by atoms with Crippen molar-refractivity contribution in [3.8, 4) is 0 Å². The molecule has 0 bridgehead atoms. The highest BCUT2D eigenvalue weighted by molar-refractivity contribution is 7.86. The Balaban J connectivity index is 1.89. The molecule has 0 saturated carbocycles. The second-order valence-electron chi connectivity index (χ2n) is 7.76. The van der Waals surface area contributed by atoms with Gasteiger partial charge in [-0.2, -0.15) is 17.0 Å². The standard InChI is InChI=1S/C18H34N4O5S/c1-4-27-18(24)20-10-12-21(13-11-20)28(25,26)22-9-5-6-16(14-22)17(23)19-8-7-15(2)3/h15-16H,4-14H2,1-3H3,(H,19,23). The van der Waals surface area contributed by atoms with Gasteiger partial charge in [0, 0.05) is 45.8 Å². The van der Waals surface area contributed by atoms with E-state index in [-0.39, 0.29) is 31.5 Å². The van der Waals surface area contributed by atoms with Gasteiger partial charge in [-0.25, -0.2) is 4.79 Å². The summed E-state index contributed by atoms with van der Waals surface area (Å²) in [6, 6.07) is 0. The van der Waals surface area contributed by atoms with Crippen LogP contribution in [0, 0.1) is 11.8 Å². The van der Waals surface area contributed by atoms with E-state index in [4.69, 9.17) is 4.74 Å². The van der Waals surface area contributed by atoms with Crippen molar-refractivity contribution >= 4 is 22.2 Å². The SMILES string of the molecule is CCOC(=O)N1CCN(S(=O)(=O)N2CCCC(C(=O)NCCC(C)C)C2)CC1. The van der Waals surface area contributed by atoms with Gasteiger partial charge in [-0.1, -0.05) is 13.8 Å². The number of piperazine rings is 1. The largest absolute Gasteiger partial charge is 0.450 e. The Bertz CT molecular complexity index is 632. The van der Waals surface area contributed by atoms with E-state index in [1.807, 2.05) is 0 Å². The maximum absolute atomic E-state index is 13.0. The first-order valence-corrected chi connectivity index (χ1v) is 11.6. The first kappa shape index (κ1) is 22.9. The lowest BCUT2D eigenvalue weighted by atomic mass is 9.98. The topological polar surface area (TPSA) is 99.3 Å². The molecule has 2 heterocycles. The van der Waals surface area contributed by atoms with Crippen molar-refractivity contribution in [2.45, 2.75) is 40.0 Å². The second kappa shape index (κ2) is 10.4. The number of rotatable bonds is 7. The van der Waals surface area contributed by atoms with Crippen molar-refractivity contribution in [1.29, 1.82) is 0 Å². The van der Waals surface area contributed by atoms with Gasteiger partial charge >= 0.3 is 6.09 Å². The zero-order valence-electron chi connectivity index (χ0n) is 17.2. The number of nitrogens with one attached hydrogen (secondary N) is 1. The lowest BCUT2D eigenvalue weighted by molar-refractivity contribution is -0.126. The summed E-state index contributed by atoms with van der Waals surface area (Å²) >= 11 is 0. The highest BCUT2D eigenvalue weighted by Gasteiger charge is 2.37. The maximum atomic E-state index is 13.0. The van der Waals surface area contributed by atoms with Gasteiger partial charge in [0.15, 0.2) is 0 Å². The molecule has 162 valence electrons. The monoisotopic (exact) mass is 418 g/mol. The van der Waals surface area contributed by atoms with Crippen LogP contribution >= 0.6 is 0 Å². The van der Waals surface area contributed by atoms with Crippen LogP contribution in [0.4, 0.5) is 4.79 Å². The molecule has 9 nitrogen and oxygen atoms in total. The van der Waals surface area contributed by atoms with Gasteiger partial charge in [0.25, 0.3) is 10.2 Å². The van der Waals surface area contributed by atoms with Crippen molar-refractivity contribution in [3.05, 3.63) is 0 Å². The molecule has 2 aliphatic rings. The maximum Gasteiger partial charge on any atom is 0.409 e. The first-order valence-electron chi connectivity index (χ1n) is 10.2. The lowest BCUT2D eigenvalue weighted by Crippen LogP contribution is -2.56. The number of hydrogen-bond donors (Lipinski definition) is 1. The van der Waals surface area contributed by atoms with Crippen LogP contribution in [-0.2, 0) is 19.7 Å². The summed E-state index contributed by atoms with van der Waals surface area (Å²) in [4.78, 5) is 25.7. The van der Waals surface area contributed by atoms with Crippen molar-refractivity contribution in [2.24, 2.45) is 11.8 Å². The molecule has 0 aromatic carbocycles. The van der Waals surface area contributed by atoms with E-state index in [9.17, 15) is 18.0 Å². The van der Waals surface area contributed by atoms with Gasteiger partial charge in [0.2, 0.25) is 5.91 Å². The number of hydrogen-bond acceptors (Lipinski definition) is 5. The minimum Gasteiger partial charge on any atom is -0.450 e. The molecular weight excluding hydrogens is 384 g/mol. The highest BCUT2D eigenvalue weighted by atomic mass is 32.2. The van der Waals surface area contributed by atoms with Gasteiger partial charge < -0.3 is 15.0 Å². The average molecular weight is 419 g/mol. The van der Waals surface area contributed by atoms with E-state index in [2.05, 4.69) is 19.2 Å². The minimum absolute atomic E-state index is 0.0623. The van der Waals surface area contributed by atoms with E-state index in [0.717, 1.165) is 6.42 Å². The molecule has 1 atom stereocenters. The van der Waals surface area contributed by atoms with Crippen LogP contribution < -0.4 is 5.32 Å². The Morgan fingerprint density at radius 2 is 1.79 bits per heavy atom. The van der Waals surface area contributed by atoms with Crippen LogP contribution in [-0.4, -0.2) is 86.3 Å². The van der Waals surface area contributed by atoms with Crippen LogP contribution in [0.1, 0.15) is 40.0 Å². The zero-order chi connectivity index (χ0) is 20.7. The third-order valence-electron chi connectivity index (χ3n) is 5.19. The number of nitrogens with zero attached hydrogens (tertiary/aromatic N) is 3. The second-order valence-corrected chi connectivity index (χ2v) is 9.69. The molecule has 28 heavy (non-hydrogen) atoms. The number of amides is 2. The molecule has 2 rings (SSSR count). The molecule has 0 radical (unpaired) electrons. The highest BCUT2D eigenvalue weighted by Crippen LogP contribution is 2.22.